The summed E-state index contributed by atoms with van der Waals surface area (Å²) in [7, 11) is -1.000. The van der Waals surface area contributed by atoms with Crippen molar-refractivity contribution in [2.75, 3.05) is 19.6 Å². The standard InChI is InChI=1S/C18H30BFN4O2/c1-13(2)7-8-23-11-15(12-23)24-10-14(21-22-24)9-16(20)19-25-17(3,4)18(5,6)26-19/h9-10,13,15H,7-8,11-12H2,1-6H3. The molecule has 0 spiro atoms. The van der Waals surface area contributed by atoms with E-state index in [-0.39, 0.29) is 0 Å². The van der Waals surface area contributed by atoms with Crippen LogP contribution in [0, 0.1) is 5.92 Å². The van der Waals surface area contributed by atoms with Crippen molar-refractivity contribution in [2.45, 2.75) is 65.2 Å². The molecule has 0 radical (unpaired) electrons. The molecular weight excluding hydrogens is 334 g/mol. The van der Waals surface area contributed by atoms with E-state index in [4.69, 9.17) is 9.31 Å². The van der Waals surface area contributed by atoms with Crippen molar-refractivity contribution in [3.8, 4) is 0 Å². The van der Waals surface area contributed by atoms with E-state index in [2.05, 4.69) is 29.1 Å². The predicted molar refractivity (Wildman–Crippen MR) is 100 cm³/mol. The molecule has 2 saturated heterocycles. The molecule has 0 saturated carbocycles. The van der Waals surface area contributed by atoms with Crippen LogP contribution in [0.1, 0.15) is 59.7 Å². The van der Waals surface area contributed by atoms with Crippen LogP contribution in [0.4, 0.5) is 4.39 Å². The fourth-order valence-electron chi connectivity index (χ4n) is 3.03. The highest BCUT2D eigenvalue weighted by Crippen LogP contribution is 2.39. The highest BCUT2D eigenvalue weighted by molar-refractivity contribution is 6.54. The number of nitrogens with zero attached hydrogens (tertiary/aromatic N) is 4. The van der Waals surface area contributed by atoms with Gasteiger partial charge in [-0.3, -0.25) is 4.90 Å². The van der Waals surface area contributed by atoms with Crippen LogP contribution in [-0.4, -0.2) is 57.8 Å². The van der Waals surface area contributed by atoms with Gasteiger partial charge in [-0.05, 0) is 52.7 Å². The Kier molecular flexibility index (Phi) is 5.30. The molecule has 3 heterocycles. The summed E-state index contributed by atoms with van der Waals surface area (Å²) < 4.78 is 27.8. The SMILES string of the molecule is CC(C)CCN1CC(n2cc(C=C(F)B3OC(C)(C)C(C)(C)O3)nn2)C1. The Labute approximate surface area is 155 Å². The second kappa shape index (κ2) is 7.05. The van der Waals surface area contributed by atoms with Crippen LogP contribution < -0.4 is 0 Å². The van der Waals surface area contributed by atoms with Crippen LogP contribution >= 0.6 is 0 Å². The van der Waals surface area contributed by atoms with Crippen molar-refractivity contribution in [1.29, 1.82) is 0 Å². The quantitative estimate of drug-likeness (QED) is 0.726. The van der Waals surface area contributed by atoms with Crippen molar-refractivity contribution in [3.05, 3.63) is 17.6 Å². The van der Waals surface area contributed by atoms with Gasteiger partial charge in [0.05, 0.1) is 23.4 Å². The molecule has 2 fully saturated rings. The number of likely N-dealkylation sites (tertiary alicyclic amines) is 1. The molecule has 0 aromatic carbocycles. The van der Waals surface area contributed by atoms with Gasteiger partial charge in [0.1, 0.15) is 11.4 Å². The summed E-state index contributed by atoms with van der Waals surface area (Å²) >= 11 is 0. The summed E-state index contributed by atoms with van der Waals surface area (Å²) in [5.74, 6) is 0.718. The Morgan fingerprint density at radius 2 is 1.92 bits per heavy atom. The van der Waals surface area contributed by atoms with E-state index in [1.165, 1.54) is 12.5 Å². The second-order valence-electron chi connectivity index (χ2n) is 8.84. The minimum Gasteiger partial charge on any atom is -0.398 e. The van der Waals surface area contributed by atoms with Crippen molar-refractivity contribution >= 4 is 13.2 Å². The van der Waals surface area contributed by atoms with Crippen LogP contribution in [0.5, 0.6) is 0 Å². The maximum absolute atomic E-state index is 14.6. The molecule has 0 bridgehead atoms. The lowest BCUT2D eigenvalue weighted by Gasteiger charge is -2.39. The van der Waals surface area contributed by atoms with Crippen LogP contribution in [0.25, 0.3) is 6.08 Å². The average molecular weight is 364 g/mol. The molecule has 2 aliphatic rings. The third kappa shape index (κ3) is 4.02. The second-order valence-corrected chi connectivity index (χ2v) is 8.84. The highest BCUT2D eigenvalue weighted by atomic mass is 19.1. The van der Waals surface area contributed by atoms with Crippen LogP contribution in [-0.2, 0) is 9.31 Å². The summed E-state index contributed by atoms with van der Waals surface area (Å²) in [6.45, 7) is 15.1. The first-order valence-electron chi connectivity index (χ1n) is 9.44. The molecule has 6 nitrogen and oxygen atoms in total. The molecule has 1 aromatic rings. The van der Waals surface area contributed by atoms with E-state index in [0.29, 0.717) is 11.7 Å². The van der Waals surface area contributed by atoms with Crippen molar-refractivity contribution in [1.82, 2.24) is 19.9 Å². The first kappa shape index (κ1) is 19.5. The normalized spacial score (nSPS) is 23.7. The van der Waals surface area contributed by atoms with E-state index in [0.717, 1.165) is 25.6 Å². The maximum atomic E-state index is 14.6. The Bertz CT molecular complexity index is 652. The third-order valence-electron chi connectivity index (χ3n) is 5.63. The summed E-state index contributed by atoms with van der Waals surface area (Å²) in [5.41, 5.74) is -1.13. The van der Waals surface area contributed by atoms with E-state index in [9.17, 15) is 4.39 Å². The largest absolute Gasteiger partial charge is 0.525 e. The zero-order chi connectivity index (χ0) is 19.1. The maximum Gasteiger partial charge on any atom is 0.525 e. The van der Waals surface area contributed by atoms with E-state index >= 15 is 0 Å². The van der Waals surface area contributed by atoms with Gasteiger partial charge >= 0.3 is 7.12 Å². The molecule has 8 heteroatoms. The number of rotatable bonds is 6. The Hall–Kier alpha value is -1.25. The number of halogens is 1. The van der Waals surface area contributed by atoms with Crippen molar-refractivity contribution in [3.63, 3.8) is 0 Å². The highest BCUT2D eigenvalue weighted by Gasteiger charge is 2.53. The minimum atomic E-state index is -1.000. The summed E-state index contributed by atoms with van der Waals surface area (Å²) in [6.07, 6.45) is 4.34. The summed E-state index contributed by atoms with van der Waals surface area (Å²) in [6, 6.07) is 0.316. The van der Waals surface area contributed by atoms with Crippen LogP contribution in [0.2, 0.25) is 0 Å². The van der Waals surface area contributed by atoms with Crippen LogP contribution in [0.15, 0.2) is 11.9 Å². The molecule has 26 heavy (non-hydrogen) atoms. The predicted octanol–water partition coefficient (Wildman–Crippen LogP) is 3.12. The van der Waals surface area contributed by atoms with Gasteiger partial charge in [-0.2, -0.15) is 0 Å². The van der Waals surface area contributed by atoms with Gasteiger partial charge in [0.25, 0.3) is 0 Å². The summed E-state index contributed by atoms with van der Waals surface area (Å²) in [5, 5.41) is 8.22. The molecule has 3 rings (SSSR count). The lowest BCUT2D eigenvalue weighted by atomic mass is 9.87. The first-order valence-corrected chi connectivity index (χ1v) is 9.44. The van der Waals surface area contributed by atoms with Gasteiger partial charge in [-0.25, -0.2) is 9.07 Å². The molecule has 0 aliphatic carbocycles. The fraction of sp³-hybridized carbons (Fsp3) is 0.778. The van der Waals surface area contributed by atoms with E-state index in [1.807, 2.05) is 32.4 Å². The lowest BCUT2D eigenvalue weighted by molar-refractivity contribution is 0.00578. The Balaban J connectivity index is 1.57. The molecule has 0 N–H and O–H groups in total. The topological polar surface area (TPSA) is 52.4 Å². The van der Waals surface area contributed by atoms with E-state index < -0.39 is 24.0 Å². The zero-order valence-corrected chi connectivity index (χ0v) is 16.7. The molecule has 144 valence electrons. The fourth-order valence-corrected chi connectivity index (χ4v) is 3.03. The number of hydrogen-bond acceptors (Lipinski definition) is 5. The molecule has 1 aromatic heterocycles. The summed E-state index contributed by atoms with van der Waals surface area (Å²) in [4.78, 5) is 2.41. The number of aromatic nitrogens is 3. The van der Waals surface area contributed by atoms with Gasteiger partial charge in [-0.15, -0.1) is 5.10 Å². The molecular formula is C18H30BFN4O2. The monoisotopic (exact) mass is 364 g/mol. The number of hydrogen-bond donors (Lipinski definition) is 0. The molecule has 0 amide bonds. The minimum absolute atomic E-state index is 0.316. The molecule has 0 unspecified atom stereocenters. The average Bonchev–Trinajstić information content (AvgIpc) is 2.99. The zero-order valence-electron chi connectivity index (χ0n) is 16.7. The van der Waals surface area contributed by atoms with Gasteiger partial charge in [0.15, 0.2) is 0 Å². The van der Waals surface area contributed by atoms with E-state index in [1.54, 1.807) is 6.20 Å². The smallest absolute Gasteiger partial charge is 0.398 e. The first-order chi connectivity index (χ1) is 12.1. The lowest BCUT2D eigenvalue weighted by Crippen LogP contribution is -2.48. The van der Waals surface area contributed by atoms with Gasteiger partial charge in [-0.1, -0.05) is 19.1 Å². The van der Waals surface area contributed by atoms with Gasteiger partial charge in [0.2, 0.25) is 0 Å². The van der Waals surface area contributed by atoms with Gasteiger partial charge < -0.3 is 9.31 Å². The Morgan fingerprint density at radius 1 is 1.31 bits per heavy atom. The van der Waals surface area contributed by atoms with Crippen LogP contribution in [0.3, 0.4) is 0 Å². The molecule has 0 atom stereocenters. The van der Waals surface area contributed by atoms with Crippen molar-refractivity contribution < 1.29 is 13.7 Å². The van der Waals surface area contributed by atoms with Crippen molar-refractivity contribution in [2.24, 2.45) is 5.92 Å². The van der Waals surface area contributed by atoms with Gasteiger partial charge in [0, 0.05) is 13.1 Å². The Morgan fingerprint density at radius 3 is 2.50 bits per heavy atom. The third-order valence-corrected chi connectivity index (χ3v) is 5.63. The molecule has 2 aliphatic heterocycles.